The second-order valence-corrected chi connectivity index (χ2v) is 12.4. The number of aliphatic hydroxyl groups excluding tert-OH is 1. The molecule has 0 radical (unpaired) electrons. The number of hydrogen-bond acceptors (Lipinski definition) is 5. The molecule has 0 saturated carbocycles. The number of allylic oxidation sites excluding steroid dienone is 6. The van der Waals surface area contributed by atoms with Crippen LogP contribution < -0.4 is 5.32 Å². The van der Waals surface area contributed by atoms with Crippen LogP contribution in [0.3, 0.4) is 0 Å². The Kier molecular flexibility index (Phi) is 10.7. The maximum absolute atomic E-state index is 13.6. The van der Waals surface area contributed by atoms with Crippen LogP contribution in [0.1, 0.15) is 37.4 Å². The molecule has 0 aliphatic carbocycles. The third-order valence-electron chi connectivity index (χ3n) is 6.32. The molecule has 1 aliphatic heterocycles. The van der Waals surface area contributed by atoms with Crippen molar-refractivity contribution in [3.05, 3.63) is 109 Å². The lowest BCUT2D eigenvalue weighted by molar-refractivity contribution is -0.123. The van der Waals surface area contributed by atoms with E-state index in [9.17, 15) is 18.3 Å². The van der Waals surface area contributed by atoms with Crippen molar-refractivity contribution < 1.29 is 18.3 Å². The summed E-state index contributed by atoms with van der Waals surface area (Å²) in [6, 6.07) is 15.8. The summed E-state index contributed by atoms with van der Waals surface area (Å²) in [5.74, 6) is 0.107. The molecule has 0 spiro atoms. The van der Waals surface area contributed by atoms with Gasteiger partial charge in [-0.15, -0.1) is 11.8 Å². The molecular weight excluding hydrogens is 516 g/mol. The number of amides is 1. The zero-order chi connectivity index (χ0) is 27.7. The Hall–Kier alpha value is -2.91. The number of carbonyl (C=O) groups is 1. The highest BCUT2D eigenvalue weighted by Gasteiger charge is 2.41. The molecule has 0 aromatic heterocycles. The molecule has 3 rings (SSSR count). The number of sulfonamides is 1. The summed E-state index contributed by atoms with van der Waals surface area (Å²) in [5.41, 5.74) is 2.62. The normalized spacial score (nSPS) is 19.1. The van der Waals surface area contributed by atoms with E-state index in [1.54, 1.807) is 49.4 Å². The van der Waals surface area contributed by atoms with Crippen molar-refractivity contribution in [3.63, 3.8) is 0 Å². The van der Waals surface area contributed by atoms with Crippen LogP contribution >= 0.6 is 11.8 Å². The van der Waals surface area contributed by atoms with E-state index in [1.807, 2.05) is 49.4 Å². The molecule has 0 bridgehead atoms. The standard InChI is InChI=1S/C30H36N2O4S2/c1-5-7-12-24(11-6-2)25-15-17-27(18-16-25)38(35,36)32-19-20-37-30(32)29(34)31-28(22(3)21-23(4)33)26-13-9-8-10-14-26/h5-18,22-23,28,30,33H,1-2,19-21H2,3-4H3,(H,31,34)/b12-7-,24-11+/t22?,23?,28-,30-/m0/s1. The van der Waals surface area contributed by atoms with Gasteiger partial charge in [0.05, 0.1) is 17.0 Å². The number of rotatable bonds is 12. The number of aliphatic hydroxyl groups is 1. The molecule has 8 heteroatoms. The quantitative estimate of drug-likeness (QED) is 0.348. The van der Waals surface area contributed by atoms with Gasteiger partial charge >= 0.3 is 0 Å². The topological polar surface area (TPSA) is 86.7 Å². The van der Waals surface area contributed by atoms with Crippen LogP contribution in [-0.4, -0.2) is 47.5 Å². The third kappa shape index (κ3) is 7.35. The molecule has 2 aromatic carbocycles. The maximum atomic E-state index is 13.6. The van der Waals surface area contributed by atoms with E-state index in [-0.39, 0.29) is 29.3 Å². The van der Waals surface area contributed by atoms with Crippen LogP contribution in [0.5, 0.6) is 0 Å². The highest BCUT2D eigenvalue weighted by Crippen LogP contribution is 2.33. The molecule has 2 unspecified atom stereocenters. The van der Waals surface area contributed by atoms with Crippen LogP contribution in [-0.2, 0) is 14.8 Å². The fourth-order valence-corrected chi connectivity index (χ4v) is 7.61. The second kappa shape index (κ2) is 13.8. The predicted molar refractivity (Wildman–Crippen MR) is 157 cm³/mol. The summed E-state index contributed by atoms with van der Waals surface area (Å²) >= 11 is 1.31. The highest BCUT2D eigenvalue weighted by atomic mass is 32.2. The Bertz CT molecular complexity index is 1270. The molecule has 1 saturated heterocycles. The van der Waals surface area contributed by atoms with E-state index in [4.69, 9.17) is 0 Å². The fourth-order valence-electron chi connectivity index (χ4n) is 4.52. The zero-order valence-electron chi connectivity index (χ0n) is 21.9. The van der Waals surface area contributed by atoms with Gasteiger partial charge in [0, 0.05) is 12.3 Å². The first kappa shape index (κ1) is 29.6. The van der Waals surface area contributed by atoms with Crippen LogP contribution in [0.25, 0.3) is 5.57 Å². The molecule has 202 valence electrons. The summed E-state index contributed by atoms with van der Waals surface area (Å²) in [6.45, 7) is 11.4. The van der Waals surface area contributed by atoms with Crippen LogP contribution in [0.15, 0.2) is 103 Å². The summed E-state index contributed by atoms with van der Waals surface area (Å²) in [4.78, 5) is 13.6. The van der Waals surface area contributed by atoms with Gasteiger partial charge in [0.2, 0.25) is 15.9 Å². The van der Waals surface area contributed by atoms with E-state index < -0.39 is 21.5 Å². The Labute approximate surface area is 230 Å². The van der Waals surface area contributed by atoms with Gasteiger partial charge in [0.1, 0.15) is 5.37 Å². The molecule has 2 N–H and O–H groups in total. The number of hydrogen-bond donors (Lipinski definition) is 2. The van der Waals surface area contributed by atoms with Crippen molar-refractivity contribution in [1.82, 2.24) is 9.62 Å². The number of benzene rings is 2. The minimum atomic E-state index is -3.91. The Morgan fingerprint density at radius 2 is 1.82 bits per heavy atom. The highest BCUT2D eigenvalue weighted by molar-refractivity contribution is 8.02. The first-order valence-electron chi connectivity index (χ1n) is 12.6. The molecule has 1 heterocycles. The van der Waals surface area contributed by atoms with Gasteiger partial charge in [-0.2, -0.15) is 4.31 Å². The minimum absolute atomic E-state index is 0.0571. The monoisotopic (exact) mass is 552 g/mol. The largest absolute Gasteiger partial charge is 0.393 e. The lowest BCUT2D eigenvalue weighted by Gasteiger charge is -2.29. The molecule has 4 atom stereocenters. The van der Waals surface area contributed by atoms with E-state index in [2.05, 4.69) is 18.5 Å². The van der Waals surface area contributed by atoms with Gasteiger partial charge in [-0.25, -0.2) is 8.42 Å². The molecule has 38 heavy (non-hydrogen) atoms. The van der Waals surface area contributed by atoms with Crippen molar-refractivity contribution >= 4 is 33.3 Å². The van der Waals surface area contributed by atoms with E-state index >= 15 is 0 Å². The third-order valence-corrected chi connectivity index (χ3v) is 9.53. The minimum Gasteiger partial charge on any atom is -0.393 e. The molecular formula is C30H36N2O4S2. The van der Waals surface area contributed by atoms with Crippen LogP contribution in [0.4, 0.5) is 0 Å². The average molecular weight is 553 g/mol. The van der Waals surface area contributed by atoms with Crippen molar-refractivity contribution in [1.29, 1.82) is 0 Å². The van der Waals surface area contributed by atoms with E-state index in [1.165, 1.54) is 16.1 Å². The van der Waals surface area contributed by atoms with Gasteiger partial charge in [-0.1, -0.05) is 92.9 Å². The van der Waals surface area contributed by atoms with Crippen LogP contribution in [0, 0.1) is 5.92 Å². The Balaban J connectivity index is 1.83. The smallest absolute Gasteiger partial charge is 0.249 e. The lowest BCUT2D eigenvalue weighted by Crippen LogP contribution is -2.46. The molecule has 1 amide bonds. The summed E-state index contributed by atoms with van der Waals surface area (Å²) in [6.07, 6.45) is 8.82. The molecule has 1 fully saturated rings. The molecule has 6 nitrogen and oxygen atoms in total. The van der Waals surface area contributed by atoms with Gasteiger partial charge in [-0.3, -0.25) is 4.79 Å². The van der Waals surface area contributed by atoms with Crippen LogP contribution in [0.2, 0.25) is 0 Å². The lowest BCUT2D eigenvalue weighted by atomic mass is 9.90. The maximum Gasteiger partial charge on any atom is 0.249 e. The molecule has 1 aliphatic rings. The number of nitrogens with zero attached hydrogens (tertiary/aromatic N) is 1. The van der Waals surface area contributed by atoms with Gasteiger partial charge in [0.25, 0.3) is 0 Å². The predicted octanol–water partition coefficient (Wildman–Crippen LogP) is 5.33. The van der Waals surface area contributed by atoms with Crippen molar-refractivity contribution in [2.45, 2.75) is 42.7 Å². The summed E-state index contributed by atoms with van der Waals surface area (Å²) in [7, 11) is -3.91. The SMILES string of the molecule is C=C/C=C\C(=C/C=C)c1ccc(S(=O)(=O)N2CCS[C@H]2C(=O)N[C@H](c2ccccc2)C(C)CC(C)O)cc1. The van der Waals surface area contributed by atoms with Gasteiger partial charge in [0.15, 0.2) is 0 Å². The van der Waals surface area contributed by atoms with Crippen molar-refractivity contribution in [3.8, 4) is 0 Å². The number of thioether (sulfide) groups is 1. The Morgan fingerprint density at radius 1 is 1.13 bits per heavy atom. The van der Waals surface area contributed by atoms with E-state index in [0.717, 1.165) is 16.7 Å². The first-order chi connectivity index (χ1) is 18.2. The fraction of sp³-hybridized carbons (Fsp3) is 0.300. The zero-order valence-corrected chi connectivity index (χ0v) is 23.5. The summed E-state index contributed by atoms with van der Waals surface area (Å²) in [5, 5.41) is 12.1. The van der Waals surface area contributed by atoms with Gasteiger partial charge in [-0.05, 0) is 48.1 Å². The van der Waals surface area contributed by atoms with E-state index in [0.29, 0.717) is 12.2 Å². The summed E-state index contributed by atoms with van der Waals surface area (Å²) < 4.78 is 28.5. The van der Waals surface area contributed by atoms with Gasteiger partial charge < -0.3 is 10.4 Å². The second-order valence-electron chi connectivity index (χ2n) is 9.27. The van der Waals surface area contributed by atoms with Crippen molar-refractivity contribution in [2.24, 2.45) is 5.92 Å². The first-order valence-corrected chi connectivity index (χ1v) is 15.1. The number of carbonyl (C=O) groups excluding carboxylic acids is 1. The molecule has 2 aromatic rings. The van der Waals surface area contributed by atoms with Crippen molar-refractivity contribution in [2.75, 3.05) is 12.3 Å². The average Bonchev–Trinajstić information content (AvgIpc) is 3.41. The number of nitrogens with one attached hydrogen (secondary N) is 1. The Morgan fingerprint density at radius 3 is 2.42 bits per heavy atom.